The molecule has 1 aromatic heterocycles. The van der Waals surface area contributed by atoms with Gasteiger partial charge < -0.3 is 18.6 Å². The van der Waals surface area contributed by atoms with Crippen LogP contribution in [0.25, 0.3) is 22.3 Å². The van der Waals surface area contributed by atoms with Gasteiger partial charge in [-0.05, 0) is 30.3 Å². The monoisotopic (exact) mass is 339 g/mol. The lowest BCUT2D eigenvalue weighted by atomic mass is 10.1. The Balaban J connectivity index is 2.15. The number of hydrogen-bond acceptors (Lipinski definition) is 5. The summed E-state index contributed by atoms with van der Waals surface area (Å²) in [5.41, 5.74) is 1.68. The molecule has 0 bridgehead atoms. The third-order valence-electron chi connectivity index (χ3n) is 3.90. The van der Waals surface area contributed by atoms with Crippen molar-refractivity contribution in [1.82, 2.24) is 0 Å². The van der Waals surface area contributed by atoms with Crippen LogP contribution >= 0.6 is 0 Å². The number of hydrogen-bond donors (Lipinski definition) is 0. The second-order valence-corrected chi connectivity index (χ2v) is 5.44. The molecule has 25 heavy (non-hydrogen) atoms. The Kier molecular flexibility index (Phi) is 5.36. The lowest BCUT2D eigenvalue weighted by Crippen LogP contribution is -2.07. The van der Waals surface area contributed by atoms with E-state index in [0.29, 0.717) is 24.7 Å². The molecule has 0 spiro atoms. The Hall–Kier alpha value is -2.79. The standard InChI is InChI=1S/C20H21NO4/c1-22-11-10-21-16-13-19(25-17-7-5-4-6-15(16)17)14-8-9-18(23-2)20(12-14)24-3/h4-9,12-13H,10-11H2,1-3H3. The number of ether oxygens (including phenoxy) is 3. The predicted octanol–water partition coefficient (Wildman–Crippen LogP) is 3.66. The molecule has 0 aliphatic carbocycles. The van der Waals surface area contributed by atoms with Crippen LogP contribution in [0, 0.1) is 0 Å². The summed E-state index contributed by atoms with van der Waals surface area (Å²) in [5, 5.41) is 1.85. The predicted molar refractivity (Wildman–Crippen MR) is 97.1 cm³/mol. The average Bonchev–Trinajstić information content (AvgIpc) is 2.67. The zero-order valence-electron chi connectivity index (χ0n) is 14.6. The zero-order valence-corrected chi connectivity index (χ0v) is 14.6. The van der Waals surface area contributed by atoms with Gasteiger partial charge >= 0.3 is 0 Å². The van der Waals surface area contributed by atoms with Gasteiger partial charge in [-0.25, -0.2) is 0 Å². The lowest BCUT2D eigenvalue weighted by molar-refractivity contribution is 0.207. The van der Waals surface area contributed by atoms with Crippen molar-refractivity contribution < 1.29 is 18.6 Å². The van der Waals surface area contributed by atoms with Crippen LogP contribution in [0.3, 0.4) is 0 Å². The third kappa shape index (κ3) is 3.67. The molecule has 0 saturated heterocycles. The summed E-state index contributed by atoms with van der Waals surface area (Å²) in [6, 6.07) is 15.5. The van der Waals surface area contributed by atoms with Crippen molar-refractivity contribution in [2.45, 2.75) is 0 Å². The molecule has 0 aliphatic rings. The van der Waals surface area contributed by atoms with Crippen molar-refractivity contribution in [2.24, 2.45) is 4.99 Å². The molecule has 0 atom stereocenters. The molecule has 0 amide bonds. The van der Waals surface area contributed by atoms with Crippen molar-refractivity contribution >= 4 is 11.0 Å². The summed E-state index contributed by atoms with van der Waals surface area (Å²) in [6.07, 6.45) is 0. The van der Waals surface area contributed by atoms with E-state index < -0.39 is 0 Å². The van der Waals surface area contributed by atoms with Gasteiger partial charge in [0.25, 0.3) is 0 Å². The first-order valence-electron chi connectivity index (χ1n) is 8.01. The number of rotatable bonds is 6. The van der Waals surface area contributed by atoms with Gasteiger partial charge in [0.15, 0.2) is 11.5 Å². The van der Waals surface area contributed by atoms with Crippen LogP contribution in [0.5, 0.6) is 11.5 Å². The molecule has 0 aliphatic heterocycles. The molecule has 1 heterocycles. The number of fused-ring (bicyclic) bond motifs is 1. The molecule has 0 fully saturated rings. The highest BCUT2D eigenvalue weighted by molar-refractivity contribution is 5.78. The zero-order chi connectivity index (χ0) is 17.6. The van der Waals surface area contributed by atoms with E-state index in [1.54, 1.807) is 21.3 Å². The minimum absolute atomic E-state index is 0.575. The Labute approximate surface area is 146 Å². The van der Waals surface area contributed by atoms with Crippen molar-refractivity contribution in [1.29, 1.82) is 0 Å². The molecule has 5 heteroatoms. The molecule has 0 N–H and O–H groups in total. The summed E-state index contributed by atoms with van der Waals surface area (Å²) in [4.78, 5) is 4.65. The highest BCUT2D eigenvalue weighted by Crippen LogP contribution is 2.32. The Morgan fingerprint density at radius 1 is 0.920 bits per heavy atom. The number of methoxy groups -OCH3 is 3. The van der Waals surface area contributed by atoms with Crippen molar-refractivity contribution in [2.75, 3.05) is 34.5 Å². The van der Waals surface area contributed by atoms with Gasteiger partial charge in [-0.3, -0.25) is 4.99 Å². The van der Waals surface area contributed by atoms with Crippen molar-refractivity contribution in [3.8, 4) is 22.8 Å². The Morgan fingerprint density at radius 2 is 1.72 bits per heavy atom. The Bertz CT molecular complexity index is 930. The second-order valence-electron chi connectivity index (χ2n) is 5.44. The second kappa shape index (κ2) is 7.85. The molecule has 0 saturated carbocycles. The topological polar surface area (TPSA) is 53.2 Å². The van der Waals surface area contributed by atoms with Crippen LogP contribution in [0.2, 0.25) is 0 Å². The number of benzene rings is 2. The van der Waals surface area contributed by atoms with Gasteiger partial charge in [-0.15, -0.1) is 0 Å². The van der Waals surface area contributed by atoms with E-state index in [9.17, 15) is 0 Å². The quantitative estimate of drug-likeness (QED) is 0.643. The molecule has 130 valence electrons. The fourth-order valence-corrected chi connectivity index (χ4v) is 2.64. The highest BCUT2D eigenvalue weighted by atomic mass is 16.5. The smallest absolute Gasteiger partial charge is 0.161 e. The SMILES string of the molecule is COCCN=c1cc(-c2ccc(OC)c(OC)c2)oc2ccccc12. The molecular weight excluding hydrogens is 318 g/mol. The summed E-state index contributed by atoms with van der Waals surface area (Å²) in [6.45, 7) is 1.17. The molecule has 3 aromatic rings. The van der Waals surface area contributed by atoms with E-state index in [1.807, 2.05) is 48.5 Å². The molecule has 0 radical (unpaired) electrons. The maximum atomic E-state index is 6.08. The van der Waals surface area contributed by atoms with Crippen molar-refractivity contribution in [3.63, 3.8) is 0 Å². The van der Waals surface area contributed by atoms with Gasteiger partial charge in [0, 0.05) is 24.1 Å². The van der Waals surface area contributed by atoms with Crippen LogP contribution in [0.1, 0.15) is 0 Å². The maximum Gasteiger partial charge on any atom is 0.161 e. The third-order valence-corrected chi connectivity index (χ3v) is 3.90. The first-order chi connectivity index (χ1) is 12.3. The molecular formula is C20H21NO4. The fourth-order valence-electron chi connectivity index (χ4n) is 2.64. The van der Waals surface area contributed by atoms with Gasteiger partial charge in [0.1, 0.15) is 11.3 Å². The highest BCUT2D eigenvalue weighted by Gasteiger charge is 2.10. The first kappa shape index (κ1) is 17.0. The molecule has 3 rings (SSSR count). The number of nitrogens with zero attached hydrogens (tertiary/aromatic N) is 1. The van der Waals surface area contributed by atoms with E-state index in [4.69, 9.17) is 18.6 Å². The fraction of sp³-hybridized carbons (Fsp3) is 0.250. The van der Waals surface area contributed by atoms with Gasteiger partial charge in [-0.1, -0.05) is 12.1 Å². The first-order valence-corrected chi connectivity index (χ1v) is 8.01. The van der Waals surface area contributed by atoms with E-state index in [0.717, 1.165) is 27.7 Å². The van der Waals surface area contributed by atoms with Gasteiger partial charge in [0.2, 0.25) is 0 Å². The molecule has 5 nitrogen and oxygen atoms in total. The van der Waals surface area contributed by atoms with Crippen molar-refractivity contribution in [3.05, 3.63) is 53.9 Å². The maximum absolute atomic E-state index is 6.08. The van der Waals surface area contributed by atoms with Crippen LogP contribution < -0.4 is 14.8 Å². The van der Waals surface area contributed by atoms with E-state index in [1.165, 1.54) is 0 Å². The van der Waals surface area contributed by atoms with Crippen LogP contribution in [-0.4, -0.2) is 34.5 Å². The van der Waals surface area contributed by atoms with Gasteiger partial charge in [0.05, 0.1) is 32.7 Å². The summed E-state index contributed by atoms with van der Waals surface area (Å²) < 4.78 is 21.9. The van der Waals surface area contributed by atoms with E-state index >= 15 is 0 Å². The summed E-state index contributed by atoms with van der Waals surface area (Å²) in [5.74, 6) is 2.05. The van der Waals surface area contributed by atoms with Gasteiger partial charge in [-0.2, -0.15) is 0 Å². The van der Waals surface area contributed by atoms with E-state index in [-0.39, 0.29) is 0 Å². The largest absolute Gasteiger partial charge is 0.493 e. The van der Waals surface area contributed by atoms with Crippen LogP contribution in [0.15, 0.2) is 57.9 Å². The molecule has 2 aromatic carbocycles. The Morgan fingerprint density at radius 3 is 2.48 bits per heavy atom. The number of para-hydroxylation sites is 1. The van der Waals surface area contributed by atoms with Crippen LogP contribution in [0.4, 0.5) is 0 Å². The van der Waals surface area contributed by atoms with E-state index in [2.05, 4.69) is 4.99 Å². The molecule has 0 unspecified atom stereocenters. The minimum atomic E-state index is 0.575. The normalized spacial score (nSPS) is 11.7. The average molecular weight is 339 g/mol. The summed E-state index contributed by atoms with van der Waals surface area (Å²) in [7, 11) is 4.90. The minimum Gasteiger partial charge on any atom is -0.493 e. The summed E-state index contributed by atoms with van der Waals surface area (Å²) >= 11 is 0. The van der Waals surface area contributed by atoms with Crippen LogP contribution in [-0.2, 0) is 4.74 Å². The lowest BCUT2D eigenvalue weighted by Gasteiger charge is -2.10.